The third-order valence-corrected chi connectivity index (χ3v) is 3.40. The summed E-state index contributed by atoms with van der Waals surface area (Å²) < 4.78 is 5.64. The maximum Gasteiger partial charge on any atom is 0.269 e. The molecule has 1 aromatic heterocycles. The Hall–Kier alpha value is -1.62. The smallest absolute Gasteiger partial charge is 0.269 e. The molecule has 1 atom stereocenters. The predicted molar refractivity (Wildman–Crippen MR) is 78.9 cm³/mol. The molecule has 110 valence electrons. The molecule has 0 aromatic carbocycles. The minimum Gasteiger partial charge on any atom is -0.385 e. The highest BCUT2D eigenvalue weighted by Gasteiger charge is 2.14. The summed E-state index contributed by atoms with van der Waals surface area (Å²) in [5, 5.41) is 6.08. The van der Waals surface area contributed by atoms with Gasteiger partial charge in [-0.2, -0.15) is 0 Å². The van der Waals surface area contributed by atoms with Gasteiger partial charge in [-0.15, -0.1) is 0 Å². The number of rotatable bonds is 6. The van der Waals surface area contributed by atoms with Crippen LogP contribution >= 0.6 is 0 Å². The second-order valence-corrected chi connectivity index (χ2v) is 4.99. The normalized spacial score (nSPS) is 18.6. The molecule has 1 aliphatic heterocycles. The fraction of sp³-hybridized carbons (Fsp3) is 0.600. The van der Waals surface area contributed by atoms with E-state index in [0.29, 0.717) is 18.3 Å². The predicted octanol–water partition coefficient (Wildman–Crippen LogP) is 2.20. The summed E-state index contributed by atoms with van der Waals surface area (Å²) in [6.45, 7) is 4.33. The fourth-order valence-electron chi connectivity index (χ4n) is 2.34. The zero-order valence-electron chi connectivity index (χ0n) is 12.0. The molecule has 20 heavy (non-hydrogen) atoms. The van der Waals surface area contributed by atoms with E-state index in [9.17, 15) is 4.79 Å². The molecular formula is C15H23N3O2. The molecule has 2 heterocycles. The molecular weight excluding hydrogens is 254 g/mol. The van der Waals surface area contributed by atoms with Crippen LogP contribution in [0.25, 0.3) is 0 Å². The van der Waals surface area contributed by atoms with Crippen LogP contribution in [-0.2, 0) is 4.74 Å². The maximum atomic E-state index is 12.0. The van der Waals surface area contributed by atoms with Crippen molar-refractivity contribution in [1.82, 2.24) is 10.3 Å². The van der Waals surface area contributed by atoms with Gasteiger partial charge in [0.15, 0.2) is 0 Å². The van der Waals surface area contributed by atoms with Crippen molar-refractivity contribution in [2.45, 2.75) is 38.7 Å². The van der Waals surface area contributed by atoms with E-state index in [1.165, 1.54) is 6.42 Å². The number of pyridine rings is 1. The molecule has 0 aliphatic carbocycles. The largest absolute Gasteiger partial charge is 0.385 e. The zero-order valence-corrected chi connectivity index (χ0v) is 12.0. The van der Waals surface area contributed by atoms with E-state index in [2.05, 4.69) is 15.6 Å². The van der Waals surface area contributed by atoms with Crippen LogP contribution in [0.3, 0.4) is 0 Å². The molecule has 1 aliphatic rings. The van der Waals surface area contributed by atoms with Crippen LogP contribution in [-0.4, -0.2) is 36.7 Å². The number of ether oxygens (including phenoxy) is 1. The third-order valence-electron chi connectivity index (χ3n) is 3.40. The van der Waals surface area contributed by atoms with Gasteiger partial charge in [-0.1, -0.05) is 0 Å². The Morgan fingerprint density at radius 1 is 1.50 bits per heavy atom. The Morgan fingerprint density at radius 3 is 3.15 bits per heavy atom. The lowest BCUT2D eigenvalue weighted by atomic mass is 10.1. The Labute approximate surface area is 120 Å². The van der Waals surface area contributed by atoms with Crippen molar-refractivity contribution in [2.24, 2.45) is 0 Å². The summed E-state index contributed by atoms with van der Waals surface area (Å²) in [4.78, 5) is 16.1. The molecule has 0 spiro atoms. The van der Waals surface area contributed by atoms with Crippen LogP contribution in [0.2, 0.25) is 0 Å². The summed E-state index contributed by atoms with van der Waals surface area (Å²) in [6, 6.07) is 3.63. The maximum absolute atomic E-state index is 12.0. The number of hydrogen-bond acceptors (Lipinski definition) is 4. The highest BCUT2D eigenvalue weighted by atomic mass is 16.5. The molecule has 1 amide bonds. The molecule has 5 nitrogen and oxygen atoms in total. The van der Waals surface area contributed by atoms with E-state index in [-0.39, 0.29) is 5.91 Å². The number of anilines is 1. The van der Waals surface area contributed by atoms with Crippen molar-refractivity contribution in [1.29, 1.82) is 0 Å². The van der Waals surface area contributed by atoms with Gasteiger partial charge in [-0.3, -0.25) is 9.78 Å². The second-order valence-electron chi connectivity index (χ2n) is 4.99. The van der Waals surface area contributed by atoms with E-state index in [0.717, 1.165) is 38.1 Å². The number of hydrogen-bond donors (Lipinski definition) is 2. The number of nitrogens with one attached hydrogen (secondary N) is 2. The molecule has 2 N–H and O–H groups in total. The van der Waals surface area contributed by atoms with Gasteiger partial charge in [0.1, 0.15) is 5.69 Å². The van der Waals surface area contributed by atoms with Crippen LogP contribution in [0.5, 0.6) is 0 Å². The summed E-state index contributed by atoms with van der Waals surface area (Å²) >= 11 is 0. The molecule has 0 saturated carbocycles. The highest BCUT2D eigenvalue weighted by Crippen LogP contribution is 2.15. The average Bonchev–Trinajstić information content (AvgIpc) is 2.49. The molecule has 1 unspecified atom stereocenters. The lowest BCUT2D eigenvalue weighted by molar-refractivity contribution is 0.0117. The summed E-state index contributed by atoms with van der Waals surface area (Å²) in [7, 11) is 0. The number of carbonyl (C=O) groups excluding carboxylic acids is 1. The number of carbonyl (C=O) groups is 1. The zero-order chi connectivity index (χ0) is 14.2. The van der Waals surface area contributed by atoms with Crippen molar-refractivity contribution in [3.63, 3.8) is 0 Å². The Balaban J connectivity index is 1.77. The van der Waals surface area contributed by atoms with Crippen LogP contribution in [0.1, 0.15) is 43.1 Å². The van der Waals surface area contributed by atoms with Gasteiger partial charge in [0.05, 0.1) is 6.10 Å². The quantitative estimate of drug-likeness (QED) is 0.836. The molecule has 0 radical (unpaired) electrons. The van der Waals surface area contributed by atoms with E-state index in [4.69, 9.17) is 4.74 Å². The molecule has 1 aromatic rings. The number of aromatic nitrogens is 1. The van der Waals surface area contributed by atoms with Crippen LogP contribution in [0.15, 0.2) is 18.3 Å². The van der Waals surface area contributed by atoms with Gasteiger partial charge in [0.25, 0.3) is 5.91 Å². The van der Waals surface area contributed by atoms with Crippen LogP contribution in [0.4, 0.5) is 5.69 Å². The van der Waals surface area contributed by atoms with E-state index < -0.39 is 0 Å². The van der Waals surface area contributed by atoms with Crippen molar-refractivity contribution in [3.05, 3.63) is 24.0 Å². The Bertz CT molecular complexity index is 431. The standard InChI is InChI=1S/C15H23N3O2/c1-2-16-12-6-8-17-14(11-12)15(19)18-9-7-13-5-3-4-10-20-13/h6,8,11,13H,2-5,7,9-10H2,1H3,(H,16,17)(H,18,19). The van der Waals surface area contributed by atoms with E-state index in [1.54, 1.807) is 12.3 Å². The minimum atomic E-state index is -0.124. The first-order valence-electron chi connectivity index (χ1n) is 7.39. The lowest BCUT2D eigenvalue weighted by Crippen LogP contribution is -2.30. The van der Waals surface area contributed by atoms with Crippen molar-refractivity contribution < 1.29 is 9.53 Å². The van der Waals surface area contributed by atoms with Gasteiger partial charge in [0.2, 0.25) is 0 Å². The Morgan fingerprint density at radius 2 is 2.40 bits per heavy atom. The average molecular weight is 277 g/mol. The van der Waals surface area contributed by atoms with Gasteiger partial charge < -0.3 is 15.4 Å². The second kappa shape index (κ2) is 7.85. The van der Waals surface area contributed by atoms with Crippen LogP contribution < -0.4 is 10.6 Å². The topological polar surface area (TPSA) is 63.2 Å². The molecule has 2 rings (SSSR count). The van der Waals surface area contributed by atoms with E-state index in [1.807, 2.05) is 13.0 Å². The SMILES string of the molecule is CCNc1ccnc(C(=O)NCCC2CCCCO2)c1. The minimum absolute atomic E-state index is 0.124. The summed E-state index contributed by atoms with van der Waals surface area (Å²) in [5.74, 6) is -0.124. The first-order chi connectivity index (χ1) is 9.79. The summed E-state index contributed by atoms with van der Waals surface area (Å²) in [5.41, 5.74) is 1.37. The molecule has 1 saturated heterocycles. The lowest BCUT2D eigenvalue weighted by Gasteiger charge is -2.22. The third kappa shape index (κ3) is 4.49. The van der Waals surface area contributed by atoms with Crippen molar-refractivity contribution in [3.8, 4) is 0 Å². The first kappa shape index (κ1) is 14.8. The van der Waals surface area contributed by atoms with Gasteiger partial charge >= 0.3 is 0 Å². The highest BCUT2D eigenvalue weighted by molar-refractivity contribution is 5.93. The van der Waals surface area contributed by atoms with Gasteiger partial charge in [-0.05, 0) is 44.7 Å². The molecule has 5 heteroatoms. The monoisotopic (exact) mass is 277 g/mol. The number of nitrogens with zero attached hydrogens (tertiary/aromatic N) is 1. The van der Waals surface area contributed by atoms with Crippen molar-refractivity contribution in [2.75, 3.05) is 25.0 Å². The first-order valence-corrected chi connectivity index (χ1v) is 7.39. The summed E-state index contributed by atoms with van der Waals surface area (Å²) in [6.07, 6.45) is 6.31. The van der Waals surface area contributed by atoms with Gasteiger partial charge in [0, 0.05) is 31.6 Å². The van der Waals surface area contributed by atoms with E-state index >= 15 is 0 Å². The molecule has 1 fully saturated rings. The van der Waals surface area contributed by atoms with Crippen molar-refractivity contribution >= 4 is 11.6 Å². The van der Waals surface area contributed by atoms with Crippen LogP contribution in [0, 0.1) is 0 Å². The number of amides is 1. The fourth-order valence-corrected chi connectivity index (χ4v) is 2.34. The Kier molecular flexibility index (Phi) is 5.80. The van der Waals surface area contributed by atoms with Gasteiger partial charge in [-0.25, -0.2) is 0 Å². The molecule has 0 bridgehead atoms.